The van der Waals surface area contributed by atoms with Crippen molar-refractivity contribution in [3.05, 3.63) is 23.0 Å². The summed E-state index contributed by atoms with van der Waals surface area (Å²) in [6.07, 6.45) is 0.922. The highest BCUT2D eigenvalue weighted by Crippen LogP contribution is 2.37. The predicted molar refractivity (Wildman–Crippen MR) is 118 cm³/mol. The highest BCUT2D eigenvalue weighted by atomic mass is 35.5. The van der Waals surface area contributed by atoms with Crippen LogP contribution in [0.3, 0.4) is 0 Å². The Morgan fingerprint density at radius 2 is 2.00 bits per heavy atom. The average molecular weight is 470 g/mol. The number of nitrogens with one attached hydrogen (secondary N) is 2. The van der Waals surface area contributed by atoms with E-state index in [0.29, 0.717) is 25.2 Å². The lowest BCUT2D eigenvalue weighted by molar-refractivity contribution is -0.161. The van der Waals surface area contributed by atoms with Crippen LogP contribution in [-0.4, -0.2) is 53.2 Å². The summed E-state index contributed by atoms with van der Waals surface area (Å²) in [4.78, 5) is 37.0. The first-order valence-corrected chi connectivity index (χ1v) is 11.0. The number of esters is 1. The predicted octanol–water partition coefficient (Wildman–Crippen LogP) is 2.76. The smallest absolute Gasteiger partial charge is 0.309 e. The second-order valence-corrected chi connectivity index (χ2v) is 9.82. The maximum atomic E-state index is 14.9. The molecule has 10 heteroatoms. The zero-order valence-electron chi connectivity index (χ0n) is 18.5. The number of carbonyl (C=O) groups excluding carboxylic acids is 3. The van der Waals surface area contributed by atoms with Crippen molar-refractivity contribution in [2.45, 2.75) is 70.1 Å². The van der Waals surface area contributed by atoms with E-state index < -0.39 is 34.9 Å². The first-order valence-electron chi connectivity index (χ1n) is 10.6. The summed E-state index contributed by atoms with van der Waals surface area (Å²) in [5.74, 6) is -1.82. The second-order valence-electron chi connectivity index (χ2n) is 9.41. The number of amides is 2. The normalized spacial score (nSPS) is 21.2. The van der Waals surface area contributed by atoms with E-state index in [-0.39, 0.29) is 42.3 Å². The fraction of sp³-hybridized carbons (Fsp3) is 0.591. The molecule has 0 unspecified atom stereocenters. The molecule has 176 valence electrons. The van der Waals surface area contributed by atoms with Crippen LogP contribution >= 0.6 is 11.6 Å². The molecule has 0 aliphatic carbocycles. The van der Waals surface area contributed by atoms with Crippen LogP contribution in [0.25, 0.3) is 0 Å². The maximum Gasteiger partial charge on any atom is 0.309 e. The van der Waals surface area contributed by atoms with E-state index in [9.17, 15) is 23.9 Å². The lowest BCUT2D eigenvalue weighted by Gasteiger charge is -2.39. The zero-order valence-corrected chi connectivity index (χ0v) is 19.2. The minimum absolute atomic E-state index is 0.122. The molecule has 2 amide bonds. The van der Waals surface area contributed by atoms with Gasteiger partial charge in [0.05, 0.1) is 22.7 Å². The van der Waals surface area contributed by atoms with Crippen LogP contribution in [0.15, 0.2) is 12.1 Å². The number of imide groups is 1. The minimum Gasteiger partial charge on any atom is -0.460 e. The van der Waals surface area contributed by atoms with Gasteiger partial charge < -0.3 is 20.1 Å². The SMILES string of the molecule is CC(C)(C)OC(=O)CC1(O)CCN(c2c(F)cc(N[C@@H]3CCC(=O)NC3=O)cc2Cl)CC1. The number of rotatable bonds is 5. The molecule has 0 aromatic heterocycles. The van der Waals surface area contributed by atoms with Crippen molar-refractivity contribution in [3.63, 3.8) is 0 Å². The summed E-state index contributed by atoms with van der Waals surface area (Å²) in [5, 5.41) is 16.1. The molecule has 32 heavy (non-hydrogen) atoms. The quantitative estimate of drug-likeness (QED) is 0.449. The fourth-order valence-electron chi connectivity index (χ4n) is 3.95. The molecule has 2 aliphatic heterocycles. The second kappa shape index (κ2) is 9.23. The molecule has 8 nitrogen and oxygen atoms in total. The number of ether oxygens (including phenoxy) is 1. The van der Waals surface area contributed by atoms with E-state index in [1.54, 1.807) is 25.7 Å². The van der Waals surface area contributed by atoms with Crippen molar-refractivity contribution in [3.8, 4) is 0 Å². The van der Waals surface area contributed by atoms with E-state index >= 15 is 0 Å². The van der Waals surface area contributed by atoms with Gasteiger partial charge in [0.1, 0.15) is 17.5 Å². The molecule has 2 aliphatic rings. The molecule has 1 atom stereocenters. The van der Waals surface area contributed by atoms with E-state index in [4.69, 9.17) is 16.3 Å². The van der Waals surface area contributed by atoms with Crippen LogP contribution < -0.4 is 15.5 Å². The molecule has 3 rings (SSSR count). The Kier molecular flexibility index (Phi) is 7.00. The van der Waals surface area contributed by atoms with Gasteiger partial charge in [-0.25, -0.2) is 4.39 Å². The van der Waals surface area contributed by atoms with Crippen LogP contribution in [0, 0.1) is 5.82 Å². The Morgan fingerprint density at radius 1 is 1.34 bits per heavy atom. The minimum atomic E-state index is -1.21. The first-order chi connectivity index (χ1) is 14.8. The third-order valence-electron chi connectivity index (χ3n) is 5.50. The van der Waals surface area contributed by atoms with Crippen molar-refractivity contribution in [1.29, 1.82) is 0 Å². The third kappa shape index (κ3) is 6.10. The number of carbonyl (C=O) groups is 3. The van der Waals surface area contributed by atoms with Crippen LogP contribution in [-0.2, 0) is 19.1 Å². The number of anilines is 2. The van der Waals surface area contributed by atoms with Crippen molar-refractivity contribution >= 4 is 40.8 Å². The van der Waals surface area contributed by atoms with Crippen LogP contribution in [0.4, 0.5) is 15.8 Å². The molecule has 0 bridgehead atoms. The Balaban J connectivity index is 1.63. The molecular weight excluding hydrogens is 441 g/mol. The van der Waals surface area contributed by atoms with Gasteiger partial charge in [-0.05, 0) is 52.2 Å². The number of aliphatic hydroxyl groups is 1. The van der Waals surface area contributed by atoms with Gasteiger partial charge in [-0.3, -0.25) is 19.7 Å². The molecule has 3 N–H and O–H groups in total. The van der Waals surface area contributed by atoms with E-state index in [0.717, 1.165) is 0 Å². The number of halogens is 2. The van der Waals surface area contributed by atoms with E-state index in [2.05, 4.69) is 10.6 Å². The van der Waals surface area contributed by atoms with Gasteiger partial charge in [-0.15, -0.1) is 0 Å². The Hall–Kier alpha value is -2.39. The molecule has 2 fully saturated rings. The number of nitrogens with zero attached hydrogens (tertiary/aromatic N) is 1. The summed E-state index contributed by atoms with van der Waals surface area (Å²) >= 11 is 6.36. The summed E-state index contributed by atoms with van der Waals surface area (Å²) in [6, 6.07) is 2.14. The average Bonchev–Trinajstić information content (AvgIpc) is 2.63. The number of piperidine rings is 2. The lowest BCUT2D eigenvalue weighted by atomic mass is 9.88. The number of hydrogen-bond acceptors (Lipinski definition) is 7. The van der Waals surface area contributed by atoms with Gasteiger partial charge in [-0.2, -0.15) is 0 Å². The summed E-state index contributed by atoms with van der Waals surface area (Å²) < 4.78 is 20.2. The third-order valence-corrected chi connectivity index (χ3v) is 5.79. The Labute approximate surface area is 191 Å². The van der Waals surface area contributed by atoms with Crippen molar-refractivity contribution in [2.75, 3.05) is 23.3 Å². The van der Waals surface area contributed by atoms with E-state index in [1.807, 2.05) is 0 Å². The molecule has 2 heterocycles. The van der Waals surface area contributed by atoms with Crippen LogP contribution in [0.5, 0.6) is 0 Å². The van der Waals surface area contributed by atoms with Crippen molar-refractivity contribution < 1.29 is 28.6 Å². The molecule has 2 saturated heterocycles. The van der Waals surface area contributed by atoms with Gasteiger partial charge in [0.2, 0.25) is 11.8 Å². The van der Waals surface area contributed by atoms with Gasteiger partial charge >= 0.3 is 5.97 Å². The van der Waals surface area contributed by atoms with Gasteiger partial charge in [0.25, 0.3) is 0 Å². The monoisotopic (exact) mass is 469 g/mol. The summed E-state index contributed by atoms with van der Waals surface area (Å²) in [7, 11) is 0. The standard InChI is InChI=1S/C22H29ClFN3O5/c1-21(2,3)32-18(29)12-22(31)6-8-27(9-7-22)19-14(23)10-13(11-15(19)24)25-16-4-5-17(28)26-20(16)30/h10-11,16,25,31H,4-9,12H2,1-3H3,(H,26,28,30)/t16-/m1/s1. The molecule has 0 spiro atoms. The van der Waals surface area contributed by atoms with Gasteiger partial charge in [0, 0.05) is 25.2 Å². The highest BCUT2D eigenvalue weighted by molar-refractivity contribution is 6.33. The lowest BCUT2D eigenvalue weighted by Crippen LogP contribution is -2.47. The Bertz CT molecular complexity index is 886. The summed E-state index contributed by atoms with van der Waals surface area (Å²) in [6.45, 7) is 5.93. The number of benzene rings is 1. The highest BCUT2D eigenvalue weighted by Gasteiger charge is 2.37. The Morgan fingerprint density at radius 3 is 2.56 bits per heavy atom. The molecule has 1 aromatic rings. The maximum absolute atomic E-state index is 14.9. The van der Waals surface area contributed by atoms with Crippen molar-refractivity contribution in [1.82, 2.24) is 5.32 Å². The van der Waals surface area contributed by atoms with Gasteiger partial charge in [0.15, 0.2) is 0 Å². The molecule has 0 radical (unpaired) electrons. The molecular formula is C22H29ClFN3O5. The van der Waals surface area contributed by atoms with E-state index in [1.165, 1.54) is 12.1 Å². The fourth-order valence-corrected chi connectivity index (χ4v) is 4.28. The van der Waals surface area contributed by atoms with Crippen LogP contribution in [0.1, 0.15) is 52.9 Å². The van der Waals surface area contributed by atoms with Crippen molar-refractivity contribution in [2.24, 2.45) is 0 Å². The van der Waals surface area contributed by atoms with Gasteiger partial charge in [-0.1, -0.05) is 11.6 Å². The zero-order chi connectivity index (χ0) is 23.7. The topological polar surface area (TPSA) is 108 Å². The molecule has 0 saturated carbocycles. The van der Waals surface area contributed by atoms with Crippen LogP contribution in [0.2, 0.25) is 5.02 Å². The number of hydrogen-bond donors (Lipinski definition) is 3. The first kappa shape index (κ1) is 24.3. The summed E-state index contributed by atoms with van der Waals surface area (Å²) in [5.41, 5.74) is -1.30. The largest absolute Gasteiger partial charge is 0.460 e. The molecule has 1 aromatic carbocycles.